The molecule has 1 N–H and O–H groups in total. The number of hydrogen-bond acceptors (Lipinski definition) is 4. The van der Waals surface area contributed by atoms with E-state index in [9.17, 15) is 9.59 Å². The van der Waals surface area contributed by atoms with Gasteiger partial charge in [-0.15, -0.1) is 0 Å². The Hall–Kier alpha value is -1.34. The minimum atomic E-state index is -0.824. The zero-order chi connectivity index (χ0) is 15.7. The van der Waals surface area contributed by atoms with Gasteiger partial charge in [0.2, 0.25) is 0 Å². The van der Waals surface area contributed by atoms with Gasteiger partial charge in [-0.3, -0.25) is 4.79 Å². The Morgan fingerprint density at radius 3 is 2.57 bits per heavy atom. The molecule has 1 aliphatic heterocycles. The molecule has 0 aromatic heterocycles. The van der Waals surface area contributed by atoms with Crippen LogP contribution in [0.1, 0.15) is 19.3 Å². The van der Waals surface area contributed by atoms with Gasteiger partial charge in [-0.1, -0.05) is 0 Å². The first-order valence-corrected chi connectivity index (χ1v) is 7.34. The number of carboxylic acids is 1. The molecule has 1 heterocycles. The SMILES string of the molecule is COCCCN(CCOC)C(=O)N1CCC[C@@H](C(=O)O)C1. The maximum absolute atomic E-state index is 12.5. The summed E-state index contributed by atoms with van der Waals surface area (Å²) >= 11 is 0. The van der Waals surface area contributed by atoms with E-state index in [2.05, 4.69) is 0 Å². The normalized spacial score (nSPS) is 18.6. The largest absolute Gasteiger partial charge is 0.481 e. The fourth-order valence-corrected chi connectivity index (χ4v) is 2.46. The van der Waals surface area contributed by atoms with Crippen LogP contribution in [-0.4, -0.2) is 80.5 Å². The van der Waals surface area contributed by atoms with Crippen molar-refractivity contribution in [2.24, 2.45) is 5.92 Å². The maximum Gasteiger partial charge on any atom is 0.320 e. The van der Waals surface area contributed by atoms with E-state index in [1.165, 1.54) is 0 Å². The van der Waals surface area contributed by atoms with E-state index < -0.39 is 11.9 Å². The molecule has 0 bridgehead atoms. The van der Waals surface area contributed by atoms with Crippen molar-refractivity contribution in [3.63, 3.8) is 0 Å². The van der Waals surface area contributed by atoms with Gasteiger partial charge < -0.3 is 24.4 Å². The highest BCUT2D eigenvalue weighted by Crippen LogP contribution is 2.18. The summed E-state index contributed by atoms with van der Waals surface area (Å²) < 4.78 is 10.0. The summed E-state index contributed by atoms with van der Waals surface area (Å²) in [7, 11) is 3.22. The first-order chi connectivity index (χ1) is 10.1. The van der Waals surface area contributed by atoms with Gasteiger partial charge in [0.1, 0.15) is 0 Å². The number of piperidine rings is 1. The van der Waals surface area contributed by atoms with Gasteiger partial charge in [0.15, 0.2) is 0 Å². The Balaban J connectivity index is 2.57. The van der Waals surface area contributed by atoms with Crippen molar-refractivity contribution in [3.8, 4) is 0 Å². The van der Waals surface area contributed by atoms with Crippen LogP contribution in [0, 0.1) is 5.92 Å². The summed E-state index contributed by atoms with van der Waals surface area (Å²) in [5, 5.41) is 9.10. The lowest BCUT2D eigenvalue weighted by Gasteiger charge is -2.35. The van der Waals surface area contributed by atoms with Crippen LogP contribution in [0.25, 0.3) is 0 Å². The van der Waals surface area contributed by atoms with Crippen molar-refractivity contribution >= 4 is 12.0 Å². The number of rotatable bonds is 8. The number of ether oxygens (including phenoxy) is 2. The second-order valence-electron chi connectivity index (χ2n) is 5.23. The van der Waals surface area contributed by atoms with E-state index in [1.54, 1.807) is 24.0 Å². The molecule has 1 fully saturated rings. The number of methoxy groups -OCH3 is 2. The number of carboxylic acid groups (broad SMARTS) is 1. The quantitative estimate of drug-likeness (QED) is 0.674. The molecule has 0 spiro atoms. The smallest absolute Gasteiger partial charge is 0.320 e. The summed E-state index contributed by atoms with van der Waals surface area (Å²) in [5.74, 6) is -1.28. The first-order valence-electron chi connectivity index (χ1n) is 7.34. The highest BCUT2D eigenvalue weighted by Gasteiger charge is 2.30. The molecule has 2 amide bonds. The Bertz CT molecular complexity index is 337. The van der Waals surface area contributed by atoms with Crippen LogP contribution in [-0.2, 0) is 14.3 Å². The maximum atomic E-state index is 12.5. The van der Waals surface area contributed by atoms with Crippen molar-refractivity contribution in [3.05, 3.63) is 0 Å². The summed E-state index contributed by atoms with van der Waals surface area (Å²) in [4.78, 5) is 27.0. The Kier molecular flexibility index (Phi) is 8.07. The van der Waals surface area contributed by atoms with E-state index in [0.29, 0.717) is 45.8 Å². The monoisotopic (exact) mass is 302 g/mol. The molecule has 0 aliphatic carbocycles. The van der Waals surface area contributed by atoms with Crippen LogP contribution >= 0.6 is 0 Å². The highest BCUT2D eigenvalue weighted by molar-refractivity contribution is 5.76. The molecule has 21 heavy (non-hydrogen) atoms. The van der Waals surface area contributed by atoms with Gasteiger partial charge in [0.05, 0.1) is 12.5 Å². The van der Waals surface area contributed by atoms with Gasteiger partial charge in [-0.2, -0.15) is 0 Å². The van der Waals surface area contributed by atoms with Crippen molar-refractivity contribution < 1.29 is 24.2 Å². The lowest BCUT2D eigenvalue weighted by Crippen LogP contribution is -2.49. The molecule has 0 unspecified atom stereocenters. The molecule has 7 heteroatoms. The zero-order valence-corrected chi connectivity index (χ0v) is 12.9. The number of nitrogens with zero attached hydrogens (tertiary/aromatic N) is 2. The van der Waals surface area contributed by atoms with Gasteiger partial charge in [0, 0.05) is 47.0 Å². The third-order valence-electron chi connectivity index (χ3n) is 3.65. The number of hydrogen-bond donors (Lipinski definition) is 1. The fraction of sp³-hybridized carbons (Fsp3) is 0.857. The van der Waals surface area contributed by atoms with E-state index >= 15 is 0 Å². The molecule has 1 aliphatic rings. The van der Waals surface area contributed by atoms with Crippen LogP contribution in [0.5, 0.6) is 0 Å². The Morgan fingerprint density at radius 1 is 1.24 bits per heavy atom. The van der Waals surface area contributed by atoms with Crippen molar-refractivity contribution in [1.82, 2.24) is 9.80 Å². The summed E-state index contributed by atoms with van der Waals surface area (Å²) in [6.07, 6.45) is 2.13. The number of carbonyl (C=O) groups excluding carboxylic acids is 1. The third kappa shape index (κ3) is 5.89. The molecule has 1 saturated heterocycles. The number of amides is 2. The molecule has 0 saturated carbocycles. The fourth-order valence-electron chi connectivity index (χ4n) is 2.46. The second kappa shape index (κ2) is 9.57. The predicted octanol–water partition coefficient (Wildman–Crippen LogP) is 0.888. The lowest BCUT2D eigenvalue weighted by atomic mass is 9.98. The van der Waals surface area contributed by atoms with Gasteiger partial charge in [0.25, 0.3) is 0 Å². The van der Waals surface area contributed by atoms with Crippen molar-refractivity contribution in [1.29, 1.82) is 0 Å². The first kappa shape index (κ1) is 17.7. The van der Waals surface area contributed by atoms with Crippen molar-refractivity contribution in [2.45, 2.75) is 19.3 Å². The topological polar surface area (TPSA) is 79.3 Å². The summed E-state index contributed by atoms with van der Waals surface area (Å²) in [6, 6.07) is -0.103. The number of carbonyl (C=O) groups is 2. The summed E-state index contributed by atoms with van der Waals surface area (Å²) in [6.45, 7) is 3.07. The highest BCUT2D eigenvalue weighted by atomic mass is 16.5. The molecule has 0 aromatic rings. The molecule has 1 atom stereocenters. The van der Waals surface area contributed by atoms with E-state index in [4.69, 9.17) is 14.6 Å². The van der Waals surface area contributed by atoms with Crippen LogP contribution in [0.4, 0.5) is 4.79 Å². The van der Waals surface area contributed by atoms with Crippen LogP contribution in [0.15, 0.2) is 0 Å². The molecule has 7 nitrogen and oxygen atoms in total. The molecule has 0 aromatic carbocycles. The van der Waals surface area contributed by atoms with Crippen LogP contribution < -0.4 is 0 Å². The third-order valence-corrected chi connectivity index (χ3v) is 3.65. The van der Waals surface area contributed by atoms with Crippen molar-refractivity contribution in [2.75, 3.05) is 53.6 Å². The number of aliphatic carboxylic acids is 1. The molecule has 1 rings (SSSR count). The Labute approximate surface area is 125 Å². The standard InChI is InChI=1S/C14H26N2O5/c1-20-9-4-7-15(8-10-21-2)14(19)16-6-3-5-12(11-16)13(17)18/h12H,3-11H2,1-2H3,(H,17,18)/t12-/m1/s1. The second-order valence-corrected chi connectivity index (χ2v) is 5.23. The minimum absolute atomic E-state index is 0.103. The lowest BCUT2D eigenvalue weighted by molar-refractivity contribution is -0.143. The van der Waals surface area contributed by atoms with E-state index in [0.717, 1.165) is 12.8 Å². The molecular weight excluding hydrogens is 276 g/mol. The van der Waals surface area contributed by atoms with Gasteiger partial charge in [-0.25, -0.2) is 4.79 Å². The molecule has 0 radical (unpaired) electrons. The predicted molar refractivity (Wildman–Crippen MR) is 77.3 cm³/mol. The molecule has 122 valence electrons. The van der Waals surface area contributed by atoms with E-state index in [-0.39, 0.29) is 6.03 Å². The van der Waals surface area contributed by atoms with Gasteiger partial charge in [-0.05, 0) is 19.3 Å². The number of likely N-dealkylation sites (tertiary alicyclic amines) is 1. The average molecular weight is 302 g/mol. The number of urea groups is 1. The molecular formula is C14H26N2O5. The van der Waals surface area contributed by atoms with Crippen LogP contribution in [0.2, 0.25) is 0 Å². The van der Waals surface area contributed by atoms with Crippen LogP contribution in [0.3, 0.4) is 0 Å². The minimum Gasteiger partial charge on any atom is -0.481 e. The average Bonchev–Trinajstić information content (AvgIpc) is 2.50. The zero-order valence-electron chi connectivity index (χ0n) is 12.9. The van der Waals surface area contributed by atoms with E-state index in [1.807, 2.05) is 0 Å². The van der Waals surface area contributed by atoms with Gasteiger partial charge >= 0.3 is 12.0 Å². The Morgan fingerprint density at radius 2 is 1.95 bits per heavy atom. The summed E-state index contributed by atoms with van der Waals surface area (Å²) in [5.41, 5.74) is 0.